The largest absolute Gasteiger partial charge is 0.495 e. The summed E-state index contributed by atoms with van der Waals surface area (Å²) in [5, 5.41) is 14.8. The van der Waals surface area contributed by atoms with Crippen molar-refractivity contribution in [3.8, 4) is 23.1 Å². The van der Waals surface area contributed by atoms with Gasteiger partial charge in [0.2, 0.25) is 0 Å². The lowest BCUT2D eigenvalue weighted by Crippen LogP contribution is -2.38. The quantitative estimate of drug-likeness (QED) is 0.294. The minimum absolute atomic E-state index is 0.0320. The molecule has 5 rings (SSSR count). The first-order valence-corrected chi connectivity index (χ1v) is 11.7. The molecule has 9 nitrogen and oxygen atoms in total. The number of amides is 1. The summed E-state index contributed by atoms with van der Waals surface area (Å²) in [6.07, 6.45) is 1.29. The van der Waals surface area contributed by atoms with Crippen LogP contribution in [0.25, 0.3) is 22.3 Å². The zero-order chi connectivity index (χ0) is 27.6. The van der Waals surface area contributed by atoms with Crippen LogP contribution in [0.4, 0.5) is 24.5 Å². The summed E-state index contributed by atoms with van der Waals surface area (Å²) in [5.41, 5.74) is 2.32. The molecule has 39 heavy (non-hydrogen) atoms. The van der Waals surface area contributed by atoms with Crippen LogP contribution in [0.2, 0.25) is 0 Å². The van der Waals surface area contributed by atoms with Crippen LogP contribution in [0.3, 0.4) is 0 Å². The number of alkyl halides is 3. The fourth-order valence-electron chi connectivity index (χ4n) is 4.36. The lowest BCUT2D eigenvalue weighted by atomic mass is 10.0. The number of hydrogen-bond acceptors (Lipinski definition) is 6. The summed E-state index contributed by atoms with van der Waals surface area (Å²) in [5.74, 6) is -1.99. The first-order chi connectivity index (χ1) is 18.8. The van der Waals surface area contributed by atoms with Gasteiger partial charge < -0.3 is 9.72 Å². The number of aromatic amines is 1. The predicted octanol–water partition coefficient (Wildman–Crippen LogP) is 5.56. The van der Waals surface area contributed by atoms with Gasteiger partial charge >= 0.3 is 12.1 Å². The van der Waals surface area contributed by atoms with Gasteiger partial charge in [0.1, 0.15) is 17.7 Å². The number of para-hydroxylation sites is 2. The number of benzene rings is 2. The maximum atomic E-state index is 13.7. The molecule has 1 unspecified atom stereocenters. The van der Waals surface area contributed by atoms with Gasteiger partial charge in [0.25, 0.3) is 0 Å². The average Bonchev–Trinajstić information content (AvgIpc) is 3.62. The number of methoxy groups -OCH3 is 1. The number of fused-ring (bicyclic) bond motifs is 1. The molecule has 3 aromatic heterocycles. The predicted molar refractivity (Wildman–Crippen MR) is 136 cm³/mol. The molecular weight excluding hydrogens is 511 g/mol. The minimum Gasteiger partial charge on any atom is -0.495 e. The number of hydrogen-bond donors (Lipinski definition) is 1. The molecule has 1 atom stereocenters. The van der Waals surface area contributed by atoms with Gasteiger partial charge in [-0.15, -0.1) is 0 Å². The Kier molecular flexibility index (Phi) is 6.72. The Morgan fingerprint density at radius 1 is 1.18 bits per heavy atom. The molecule has 196 valence electrons. The Morgan fingerprint density at radius 3 is 2.77 bits per heavy atom. The van der Waals surface area contributed by atoms with E-state index in [1.54, 1.807) is 35.4 Å². The Bertz CT molecular complexity index is 1690. The highest BCUT2D eigenvalue weighted by molar-refractivity contribution is 6.04. The molecule has 2 aromatic carbocycles. The Labute approximate surface area is 220 Å². The number of halogens is 3. The number of nitrogens with zero attached hydrogens (tertiary/aromatic N) is 6. The van der Waals surface area contributed by atoms with Crippen molar-refractivity contribution in [1.29, 1.82) is 5.26 Å². The summed E-state index contributed by atoms with van der Waals surface area (Å²) < 4.78 is 47.9. The molecule has 0 saturated heterocycles. The summed E-state index contributed by atoms with van der Waals surface area (Å²) in [6.45, 7) is 0. The van der Waals surface area contributed by atoms with Crippen LogP contribution in [0.15, 0.2) is 79.5 Å². The summed E-state index contributed by atoms with van der Waals surface area (Å²) >= 11 is 0. The van der Waals surface area contributed by atoms with Gasteiger partial charge in [-0.3, -0.25) is 14.4 Å². The van der Waals surface area contributed by atoms with Crippen LogP contribution in [0.5, 0.6) is 5.75 Å². The zero-order valence-corrected chi connectivity index (χ0v) is 20.4. The van der Waals surface area contributed by atoms with Gasteiger partial charge in [0.15, 0.2) is 0 Å². The second kappa shape index (κ2) is 10.3. The normalized spacial score (nSPS) is 12.2. The number of carbonyl (C=O) groups excluding carboxylic acids is 1. The van der Waals surface area contributed by atoms with E-state index in [2.05, 4.69) is 26.1 Å². The Hall–Kier alpha value is -5.18. The SMILES string of the molecule is COc1ccccc1N(C(=O)C(F)(F)F)c1cccc(C(CC#N)n2cc(-c3ncnc4[nH]ccc34)cn2)c1. The second-order valence-electron chi connectivity index (χ2n) is 8.45. The molecular formula is C27H20F3N7O2. The van der Waals surface area contributed by atoms with Crippen molar-refractivity contribution in [2.24, 2.45) is 0 Å². The van der Waals surface area contributed by atoms with Gasteiger partial charge in [-0.25, -0.2) is 9.97 Å². The molecule has 1 amide bonds. The van der Waals surface area contributed by atoms with Gasteiger partial charge in [0, 0.05) is 29.0 Å². The third-order valence-electron chi connectivity index (χ3n) is 6.12. The summed E-state index contributed by atoms with van der Waals surface area (Å²) in [7, 11) is 1.31. The molecule has 5 aromatic rings. The van der Waals surface area contributed by atoms with Crippen LogP contribution in [-0.4, -0.2) is 43.9 Å². The minimum atomic E-state index is -5.15. The average molecular weight is 531 g/mol. The first kappa shape index (κ1) is 25.5. The summed E-state index contributed by atoms with van der Waals surface area (Å²) in [6, 6.07) is 15.2. The monoisotopic (exact) mass is 531 g/mol. The van der Waals surface area contributed by atoms with Crippen molar-refractivity contribution in [2.75, 3.05) is 12.0 Å². The second-order valence-corrected chi connectivity index (χ2v) is 8.45. The Morgan fingerprint density at radius 2 is 2.00 bits per heavy atom. The fraction of sp³-hybridized carbons (Fsp3) is 0.148. The van der Waals surface area contributed by atoms with E-state index in [1.807, 2.05) is 6.07 Å². The van der Waals surface area contributed by atoms with Crippen LogP contribution in [-0.2, 0) is 4.79 Å². The van der Waals surface area contributed by atoms with Gasteiger partial charge in [-0.05, 0) is 35.9 Å². The number of ether oxygens (including phenoxy) is 1. The number of nitriles is 1. The molecule has 0 spiro atoms. The van der Waals surface area contributed by atoms with E-state index in [0.29, 0.717) is 27.4 Å². The van der Waals surface area contributed by atoms with E-state index in [4.69, 9.17) is 4.74 Å². The van der Waals surface area contributed by atoms with E-state index in [0.717, 1.165) is 5.39 Å². The number of rotatable bonds is 7. The van der Waals surface area contributed by atoms with Gasteiger partial charge in [0.05, 0.1) is 43.2 Å². The van der Waals surface area contributed by atoms with E-state index in [1.165, 1.54) is 49.8 Å². The first-order valence-electron chi connectivity index (χ1n) is 11.7. The van der Waals surface area contributed by atoms with Crippen molar-refractivity contribution >= 4 is 28.3 Å². The van der Waals surface area contributed by atoms with E-state index in [-0.39, 0.29) is 23.5 Å². The third-order valence-corrected chi connectivity index (χ3v) is 6.12. The lowest BCUT2D eigenvalue weighted by molar-refractivity contribution is -0.169. The Balaban J connectivity index is 1.58. The maximum absolute atomic E-state index is 13.7. The molecule has 12 heteroatoms. The van der Waals surface area contributed by atoms with Gasteiger partial charge in [-0.2, -0.15) is 23.5 Å². The number of H-pyrrole nitrogens is 1. The van der Waals surface area contributed by atoms with E-state index in [9.17, 15) is 23.2 Å². The highest BCUT2D eigenvalue weighted by Gasteiger charge is 2.44. The number of anilines is 2. The zero-order valence-electron chi connectivity index (χ0n) is 20.4. The van der Waals surface area contributed by atoms with Crippen molar-refractivity contribution < 1.29 is 22.7 Å². The highest BCUT2D eigenvalue weighted by Crippen LogP contribution is 2.38. The smallest absolute Gasteiger partial charge is 0.472 e. The lowest BCUT2D eigenvalue weighted by Gasteiger charge is -2.26. The van der Waals surface area contributed by atoms with Crippen LogP contribution >= 0.6 is 0 Å². The van der Waals surface area contributed by atoms with Crippen molar-refractivity contribution in [1.82, 2.24) is 24.7 Å². The topological polar surface area (TPSA) is 113 Å². The molecule has 0 saturated carbocycles. The molecule has 0 bridgehead atoms. The fourth-order valence-corrected chi connectivity index (χ4v) is 4.36. The third kappa shape index (κ3) is 4.89. The van der Waals surface area contributed by atoms with Crippen molar-refractivity contribution in [3.63, 3.8) is 0 Å². The number of carbonyl (C=O) groups is 1. The molecule has 1 N–H and O–H groups in total. The standard InChI is InChI=1S/C27H20F3N7O2/c1-39-23-8-3-2-7-22(23)37(26(38)27(28,29)30)19-6-4-5-17(13-19)21(9-11-31)36-15-18(14-35-36)24-20-10-12-32-25(20)34-16-33-24/h2-8,10,12-16,21H,9H2,1H3,(H,32,33,34). The van der Waals surface area contributed by atoms with Crippen LogP contribution in [0, 0.1) is 11.3 Å². The molecule has 0 aliphatic heterocycles. The van der Waals surface area contributed by atoms with Crippen LogP contribution in [0.1, 0.15) is 18.0 Å². The number of aromatic nitrogens is 5. The van der Waals surface area contributed by atoms with Crippen molar-refractivity contribution in [2.45, 2.75) is 18.6 Å². The molecule has 0 radical (unpaired) electrons. The van der Waals surface area contributed by atoms with E-state index < -0.39 is 18.1 Å². The summed E-state index contributed by atoms with van der Waals surface area (Å²) in [4.78, 5) is 24.7. The maximum Gasteiger partial charge on any atom is 0.472 e. The van der Waals surface area contributed by atoms with E-state index >= 15 is 0 Å². The van der Waals surface area contributed by atoms with Crippen molar-refractivity contribution in [3.05, 3.63) is 85.1 Å². The molecule has 0 fully saturated rings. The molecule has 3 heterocycles. The highest BCUT2D eigenvalue weighted by atomic mass is 19.4. The van der Waals surface area contributed by atoms with Crippen LogP contribution < -0.4 is 9.64 Å². The molecule has 0 aliphatic carbocycles. The van der Waals surface area contributed by atoms with Gasteiger partial charge in [-0.1, -0.05) is 24.3 Å². The molecule has 0 aliphatic rings. The number of nitrogens with one attached hydrogen (secondary N) is 1.